The number of alkyl carbamates (subject to hydrolysis) is 1. The van der Waals surface area contributed by atoms with Crippen LogP contribution in [-0.2, 0) is 16.1 Å². The predicted octanol–water partition coefficient (Wildman–Crippen LogP) is 3.97. The number of benzene rings is 2. The van der Waals surface area contributed by atoms with E-state index in [2.05, 4.69) is 26.6 Å². The van der Waals surface area contributed by atoms with Crippen molar-refractivity contribution in [2.24, 2.45) is 0 Å². The highest BCUT2D eigenvalue weighted by Crippen LogP contribution is 2.19. The van der Waals surface area contributed by atoms with Crippen molar-refractivity contribution in [3.63, 3.8) is 0 Å². The molecule has 2 aromatic rings. The van der Waals surface area contributed by atoms with E-state index in [1.807, 2.05) is 54.6 Å². The van der Waals surface area contributed by atoms with Gasteiger partial charge in [0, 0.05) is 21.7 Å². The van der Waals surface area contributed by atoms with E-state index in [9.17, 15) is 9.59 Å². The lowest BCUT2D eigenvalue weighted by molar-refractivity contribution is -0.122. The molecule has 0 unspecified atom stereocenters. The van der Waals surface area contributed by atoms with E-state index >= 15 is 0 Å². The van der Waals surface area contributed by atoms with E-state index in [1.54, 1.807) is 18.7 Å². The van der Waals surface area contributed by atoms with Crippen LogP contribution in [-0.4, -0.2) is 30.3 Å². The fraction of sp³-hybridized carbons (Fsp3) is 0.263. The standard InChI is InChI=1S/C19H21BrN2O3S/c1-14(22-19(24)25-13-15-5-3-2-4-6-15)18(23)21-11-12-26-17-9-7-16(20)8-10-17/h2-10,14H,11-13H2,1H3,(H,21,23)(H,22,24)/t14-/m1/s1. The summed E-state index contributed by atoms with van der Waals surface area (Å²) in [5.41, 5.74) is 0.893. The van der Waals surface area contributed by atoms with Crippen molar-refractivity contribution in [3.05, 3.63) is 64.6 Å². The molecule has 0 aliphatic heterocycles. The third-order valence-electron chi connectivity index (χ3n) is 3.42. The smallest absolute Gasteiger partial charge is 0.408 e. The second-order valence-electron chi connectivity index (χ2n) is 5.52. The van der Waals surface area contributed by atoms with Crippen molar-refractivity contribution >= 4 is 39.7 Å². The summed E-state index contributed by atoms with van der Waals surface area (Å²) in [7, 11) is 0. The lowest BCUT2D eigenvalue weighted by Crippen LogP contribution is -2.45. The molecule has 26 heavy (non-hydrogen) atoms. The fourth-order valence-electron chi connectivity index (χ4n) is 2.03. The van der Waals surface area contributed by atoms with Gasteiger partial charge in [-0.15, -0.1) is 11.8 Å². The largest absolute Gasteiger partial charge is 0.445 e. The molecule has 0 heterocycles. The van der Waals surface area contributed by atoms with Crippen molar-refractivity contribution in [1.82, 2.24) is 10.6 Å². The van der Waals surface area contributed by atoms with Crippen LogP contribution < -0.4 is 10.6 Å². The van der Waals surface area contributed by atoms with Crippen molar-refractivity contribution < 1.29 is 14.3 Å². The quantitative estimate of drug-likeness (QED) is 0.485. The molecule has 0 fully saturated rings. The van der Waals surface area contributed by atoms with E-state index in [-0.39, 0.29) is 12.5 Å². The van der Waals surface area contributed by atoms with E-state index in [0.717, 1.165) is 20.7 Å². The highest BCUT2D eigenvalue weighted by molar-refractivity contribution is 9.10. The number of halogens is 1. The summed E-state index contributed by atoms with van der Waals surface area (Å²) in [6, 6.07) is 16.7. The lowest BCUT2D eigenvalue weighted by Gasteiger charge is -2.14. The summed E-state index contributed by atoms with van der Waals surface area (Å²) in [5, 5.41) is 5.33. The van der Waals surface area contributed by atoms with Gasteiger partial charge in [-0.25, -0.2) is 4.79 Å². The molecule has 0 bridgehead atoms. The summed E-state index contributed by atoms with van der Waals surface area (Å²) in [6.45, 7) is 2.32. The molecular weight excluding hydrogens is 416 g/mol. The SMILES string of the molecule is C[C@@H](NC(=O)OCc1ccccc1)C(=O)NCCSc1ccc(Br)cc1. The molecular formula is C19H21BrN2O3S. The minimum Gasteiger partial charge on any atom is -0.445 e. The summed E-state index contributed by atoms with van der Waals surface area (Å²) in [5.74, 6) is 0.511. The number of hydrogen-bond acceptors (Lipinski definition) is 4. The van der Waals surface area contributed by atoms with Crippen LogP contribution in [0.15, 0.2) is 64.0 Å². The minimum absolute atomic E-state index is 0.171. The van der Waals surface area contributed by atoms with Gasteiger partial charge in [-0.1, -0.05) is 46.3 Å². The van der Waals surface area contributed by atoms with Crippen LogP contribution in [0.3, 0.4) is 0 Å². The highest BCUT2D eigenvalue weighted by Gasteiger charge is 2.15. The summed E-state index contributed by atoms with van der Waals surface area (Å²) in [4.78, 5) is 24.9. The number of carbonyl (C=O) groups excluding carboxylic acids is 2. The molecule has 2 amide bonds. The van der Waals surface area contributed by atoms with E-state index in [4.69, 9.17) is 4.74 Å². The summed E-state index contributed by atoms with van der Waals surface area (Å²) < 4.78 is 6.14. The maximum absolute atomic E-state index is 12.0. The maximum Gasteiger partial charge on any atom is 0.408 e. The topological polar surface area (TPSA) is 67.4 Å². The van der Waals surface area contributed by atoms with Crippen LogP contribution in [0.25, 0.3) is 0 Å². The summed E-state index contributed by atoms with van der Waals surface area (Å²) in [6.07, 6.45) is -0.610. The molecule has 0 saturated heterocycles. The number of nitrogens with one attached hydrogen (secondary N) is 2. The zero-order valence-corrected chi connectivity index (χ0v) is 16.8. The van der Waals surface area contributed by atoms with E-state index < -0.39 is 12.1 Å². The van der Waals surface area contributed by atoms with Crippen LogP contribution in [0.1, 0.15) is 12.5 Å². The van der Waals surface area contributed by atoms with Crippen LogP contribution in [0.5, 0.6) is 0 Å². The first kappa shape index (κ1) is 20.3. The Morgan fingerprint density at radius 1 is 1.12 bits per heavy atom. The Kier molecular flexibility index (Phi) is 8.50. The van der Waals surface area contributed by atoms with E-state index in [1.165, 1.54) is 0 Å². The van der Waals surface area contributed by atoms with Crippen molar-refractivity contribution in [3.8, 4) is 0 Å². The number of rotatable bonds is 8. The first-order valence-electron chi connectivity index (χ1n) is 8.18. The molecule has 0 spiro atoms. The Morgan fingerprint density at radius 3 is 2.50 bits per heavy atom. The lowest BCUT2D eigenvalue weighted by atomic mass is 10.2. The zero-order valence-electron chi connectivity index (χ0n) is 14.4. The Bertz CT molecular complexity index is 710. The fourth-order valence-corrected chi connectivity index (χ4v) is 3.07. The Labute approximate surface area is 166 Å². The average molecular weight is 437 g/mol. The van der Waals surface area contributed by atoms with Crippen LogP contribution >= 0.6 is 27.7 Å². The number of ether oxygens (including phenoxy) is 1. The molecule has 2 aromatic carbocycles. The third kappa shape index (κ3) is 7.49. The van der Waals surface area contributed by atoms with Gasteiger partial charge in [0.1, 0.15) is 12.6 Å². The molecule has 0 aromatic heterocycles. The van der Waals surface area contributed by atoms with Crippen LogP contribution in [0.2, 0.25) is 0 Å². The molecule has 7 heteroatoms. The van der Waals surface area contributed by atoms with Gasteiger partial charge in [0.25, 0.3) is 0 Å². The second-order valence-corrected chi connectivity index (χ2v) is 7.61. The van der Waals surface area contributed by atoms with E-state index in [0.29, 0.717) is 6.54 Å². The number of carbonyl (C=O) groups is 2. The average Bonchev–Trinajstić information content (AvgIpc) is 2.65. The molecule has 0 saturated carbocycles. The van der Waals surface area contributed by atoms with Gasteiger partial charge in [0.15, 0.2) is 0 Å². The van der Waals surface area contributed by atoms with Crippen molar-refractivity contribution in [1.29, 1.82) is 0 Å². The van der Waals surface area contributed by atoms with Gasteiger partial charge < -0.3 is 15.4 Å². The van der Waals surface area contributed by atoms with Crippen LogP contribution in [0, 0.1) is 0 Å². The molecule has 0 aliphatic carbocycles. The summed E-state index contributed by atoms with van der Waals surface area (Å²) >= 11 is 5.05. The zero-order chi connectivity index (χ0) is 18.8. The number of thioether (sulfide) groups is 1. The second kappa shape index (κ2) is 10.9. The third-order valence-corrected chi connectivity index (χ3v) is 4.97. The van der Waals surface area contributed by atoms with Gasteiger partial charge in [-0.05, 0) is 36.8 Å². The van der Waals surface area contributed by atoms with Gasteiger partial charge in [0.2, 0.25) is 5.91 Å². The maximum atomic E-state index is 12.0. The van der Waals surface area contributed by atoms with Crippen molar-refractivity contribution in [2.75, 3.05) is 12.3 Å². The predicted molar refractivity (Wildman–Crippen MR) is 107 cm³/mol. The first-order chi connectivity index (χ1) is 12.5. The highest BCUT2D eigenvalue weighted by atomic mass is 79.9. The molecule has 138 valence electrons. The van der Waals surface area contributed by atoms with Gasteiger partial charge >= 0.3 is 6.09 Å². The molecule has 5 nitrogen and oxygen atoms in total. The van der Waals surface area contributed by atoms with Gasteiger partial charge in [-0.2, -0.15) is 0 Å². The monoisotopic (exact) mass is 436 g/mol. The minimum atomic E-state index is -0.657. The normalized spacial score (nSPS) is 11.5. The Hall–Kier alpha value is -1.99. The molecule has 0 radical (unpaired) electrons. The number of amides is 2. The van der Waals surface area contributed by atoms with Gasteiger partial charge in [0.05, 0.1) is 0 Å². The Balaban J connectivity index is 1.62. The molecule has 0 aliphatic rings. The molecule has 2 rings (SSSR count). The number of hydrogen-bond donors (Lipinski definition) is 2. The van der Waals surface area contributed by atoms with Gasteiger partial charge in [-0.3, -0.25) is 4.79 Å². The van der Waals surface area contributed by atoms with Crippen LogP contribution in [0.4, 0.5) is 4.79 Å². The molecule has 1 atom stereocenters. The molecule has 2 N–H and O–H groups in total. The first-order valence-corrected chi connectivity index (χ1v) is 9.96. The van der Waals surface area contributed by atoms with Crippen molar-refractivity contribution in [2.45, 2.75) is 24.5 Å². The Morgan fingerprint density at radius 2 is 1.81 bits per heavy atom.